The smallest absolute Gasteiger partial charge is 0.136 e. The predicted molar refractivity (Wildman–Crippen MR) is 56.3 cm³/mol. The zero-order chi connectivity index (χ0) is 11.4. The second-order valence-corrected chi connectivity index (χ2v) is 3.61. The van der Waals surface area contributed by atoms with E-state index in [1.807, 2.05) is 0 Å². The van der Waals surface area contributed by atoms with Crippen LogP contribution < -0.4 is 10.5 Å². The number of hydrogen-bond donors (Lipinski definition) is 2. The van der Waals surface area contributed by atoms with Crippen LogP contribution in [0.5, 0.6) is 5.75 Å². The van der Waals surface area contributed by atoms with Gasteiger partial charge in [0.25, 0.3) is 0 Å². The minimum Gasteiger partial charge on any atom is -0.486 e. The largest absolute Gasteiger partial charge is 0.486 e. The summed E-state index contributed by atoms with van der Waals surface area (Å²) in [5, 5.41) is 9.02. The summed E-state index contributed by atoms with van der Waals surface area (Å²) in [6.07, 6.45) is -0.464. The Balaban J connectivity index is 2.79. The first-order chi connectivity index (χ1) is 7.04. The van der Waals surface area contributed by atoms with E-state index in [4.69, 9.17) is 15.6 Å². The molecule has 0 bridgehead atoms. The normalized spacial score (nSPS) is 14.7. The fourth-order valence-corrected chi connectivity index (χ4v) is 1.22. The second-order valence-electron chi connectivity index (χ2n) is 3.61. The van der Waals surface area contributed by atoms with Crippen molar-refractivity contribution in [1.29, 1.82) is 0 Å². The molecule has 0 aliphatic heterocycles. The van der Waals surface area contributed by atoms with Crippen molar-refractivity contribution in [3.8, 4) is 5.75 Å². The SMILES string of the molecule is Cc1cc(F)ccc1OC(CO)C(C)N. The quantitative estimate of drug-likeness (QED) is 0.790. The molecule has 1 aromatic rings. The minimum absolute atomic E-state index is 0.158. The molecule has 4 heteroatoms. The number of rotatable bonds is 4. The van der Waals surface area contributed by atoms with Gasteiger partial charge in [0.05, 0.1) is 6.61 Å². The van der Waals surface area contributed by atoms with E-state index in [0.29, 0.717) is 11.3 Å². The van der Waals surface area contributed by atoms with Crippen LogP contribution in [0.2, 0.25) is 0 Å². The summed E-state index contributed by atoms with van der Waals surface area (Å²) >= 11 is 0. The Morgan fingerprint density at radius 3 is 2.67 bits per heavy atom. The van der Waals surface area contributed by atoms with Crippen molar-refractivity contribution >= 4 is 0 Å². The van der Waals surface area contributed by atoms with Gasteiger partial charge in [0.1, 0.15) is 17.7 Å². The van der Waals surface area contributed by atoms with Crippen molar-refractivity contribution in [1.82, 2.24) is 0 Å². The van der Waals surface area contributed by atoms with Crippen molar-refractivity contribution in [2.75, 3.05) is 6.61 Å². The highest BCUT2D eigenvalue weighted by molar-refractivity contribution is 5.32. The topological polar surface area (TPSA) is 55.5 Å². The van der Waals surface area contributed by atoms with Gasteiger partial charge in [-0.05, 0) is 37.6 Å². The van der Waals surface area contributed by atoms with Gasteiger partial charge in [-0.2, -0.15) is 0 Å². The minimum atomic E-state index is -0.464. The highest BCUT2D eigenvalue weighted by Crippen LogP contribution is 2.20. The number of benzene rings is 1. The summed E-state index contributed by atoms with van der Waals surface area (Å²) in [6, 6.07) is 3.96. The number of aliphatic hydroxyl groups is 1. The number of aliphatic hydroxyl groups excluding tert-OH is 1. The molecule has 0 saturated heterocycles. The Morgan fingerprint density at radius 1 is 1.53 bits per heavy atom. The van der Waals surface area contributed by atoms with Crippen molar-refractivity contribution in [2.45, 2.75) is 26.0 Å². The molecule has 0 aromatic heterocycles. The van der Waals surface area contributed by atoms with Crippen LogP contribution in [0.1, 0.15) is 12.5 Å². The fraction of sp³-hybridized carbons (Fsp3) is 0.455. The van der Waals surface area contributed by atoms with Crippen LogP contribution in [0.25, 0.3) is 0 Å². The first-order valence-electron chi connectivity index (χ1n) is 4.84. The summed E-state index contributed by atoms with van der Waals surface area (Å²) in [5.41, 5.74) is 6.30. The van der Waals surface area contributed by atoms with E-state index in [-0.39, 0.29) is 18.5 Å². The average Bonchev–Trinajstić information content (AvgIpc) is 2.16. The van der Waals surface area contributed by atoms with Gasteiger partial charge in [0.15, 0.2) is 0 Å². The third-order valence-electron chi connectivity index (χ3n) is 2.18. The molecule has 0 aliphatic rings. The third-order valence-corrected chi connectivity index (χ3v) is 2.18. The number of nitrogens with two attached hydrogens (primary N) is 1. The zero-order valence-corrected chi connectivity index (χ0v) is 8.90. The van der Waals surface area contributed by atoms with Crippen molar-refractivity contribution in [2.24, 2.45) is 5.73 Å². The highest BCUT2D eigenvalue weighted by Gasteiger charge is 2.15. The van der Waals surface area contributed by atoms with E-state index in [1.165, 1.54) is 18.2 Å². The van der Waals surface area contributed by atoms with Crippen LogP contribution >= 0.6 is 0 Å². The lowest BCUT2D eigenvalue weighted by Crippen LogP contribution is -2.39. The van der Waals surface area contributed by atoms with Crippen molar-refractivity contribution in [3.05, 3.63) is 29.6 Å². The fourth-order valence-electron chi connectivity index (χ4n) is 1.22. The van der Waals surface area contributed by atoms with Gasteiger partial charge in [0, 0.05) is 6.04 Å². The number of ether oxygens (including phenoxy) is 1. The molecule has 0 fully saturated rings. The van der Waals surface area contributed by atoms with Crippen LogP contribution in [0.3, 0.4) is 0 Å². The van der Waals surface area contributed by atoms with Crippen LogP contribution in [-0.4, -0.2) is 23.9 Å². The summed E-state index contributed by atoms with van der Waals surface area (Å²) in [7, 11) is 0. The van der Waals surface area contributed by atoms with Gasteiger partial charge in [0.2, 0.25) is 0 Å². The molecule has 84 valence electrons. The summed E-state index contributed by atoms with van der Waals surface area (Å²) in [4.78, 5) is 0. The van der Waals surface area contributed by atoms with E-state index in [9.17, 15) is 4.39 Å². The first kappa shape index (κ1) is 11.9. The molecule has 1 aromatic carbocycles. The lowest BCUT2D eigenvalue weighted by molar-refractivity contribution is 0.0984. The summed E-state index contributed by atoms with van der Waals surface area (Å²) < 4.78 is 18.3. The maximum absolute atomic E-state index is 12.8. The van der Waals surface area contributed by atoms with Gasteiger partial charge in [-0.15, -0.1) is 0 Å². The molecular formula is C11H16FNO2. The molecule has 0 aliphatic carbocycles. The predicted octanol–water partition coefficient (Wildman–Crippen LogP) is 1.22. The van der Waals surface area contributed by atoms with Crippen molar-refractivity contribution in [3.63, 3.8) is 0 Å². The van der Waals surface area contributed by atoms with Gasteiger partial charge in [-0.1, -0.05) is 0 Å². The van der Waals surface area contributed by atoms with Crippen LogP contribution in [0, 0.1) is 12.7 Å². The summed E-state index contributed by atoms with van der Waals surface area (Å²) in [5.74, 6) is 0.244. The van der Waals surface area contributed by atoms with Gasteiger partial charge in [-0.25, -0.2) is 4.39 Å². The molecule has 0 heterocycles. The highest BCUT2D eigenvalue weighted by atomic mass is 19.1. The Hall–Kier alpha value is -1.13. The van der Waals surface area contributed by atoms with Gasteiger partial charge < -0.3 is 15.6 Å². The molecule has 0 amide bonds. The molecule has 0 spiro atoms. The number of hydrogen-bond acceptors (Lipinski definition) is 3. The summed E-state index contributed by atoms with van der Waals surface area (Å²) in [6.45, 7) is 3.34. The van der Waals surface area contributed by atoms with Gasteiger partial charge >= 0.3 is 0 Å². The van der Waals surface area contributed by atoms with E-state index in [2.05, 4.69) is 0 Å². The lowest BCUT2D eigenvalue weighted by atomic mass is 10.2. The van der Waals surface area contributed by atoms with Crippen LogP contribution in [0.15, 0.2) is 18.2 Å². The molecule has 1 rings (SSSR count). The molecule has 3 nitrogen and oxygen atoms in total. The molecule has 0 saturated carbocycles. The van der Waals surface area contributed by atoms with E-state index in [1.54, 1.807) is 13.8 Å². The van der Waals surface area contributed by atoms with Crippen molar-refractivity contribution < 1.29 is 14.2 Å². The first-order valence-corrected chi connectivity index (χ1v) is 4.84. The molecule has 15 heavy (non-hydrogen) atoms. The standard InChI is InChI=1S/C11H16FNO2/c1-7-5-9(12)3-4-10(7)15-11(6-14)8(2)13/h3-5,8,11,14H,6,13H2,1-2H3. The zero-order valence-electron chi connectivity index (χ0n) is 8.90. The number of aryl methyl sites for hydroxylation is 1. The van der Waals surface area contributed by atoms with Crippen LogP contribution in [0.4, 0.5) is 4.39 Å². The van der Waals surface area contributed by atoms with Gasteiger partial charge in [-0.3, -0.25) is 0 Å². The Labute approximate surface area is 88.7 Å². The van der Waals surface area contributed by atoms with Crippen LogP contribution in [-0.2, 0) is 0 Å². The average molecular weight is 213 g/mol. The molecule has 2 unspecified atom stereocenters. The van der Waals surface area contributed by atoms with E-state index < -0.39 is 6.10 Å². The van der Waals surface area contributed by atoms with E-state index in [0.717, 1.165) is 0 Å². The number of halogens is 1. The lowest BCUT2D eigenvalue weighted by Gasteiger charge is -2.21. The molecule has 2 atom stereocenters. The Morgan fingerprint density at radius 2 is 2.20 bits per heavy atom. The Kier molecular flexibility index (Phi) is 4.05. The van der Waals surface area contributed by atoms with E-state index >= 15 is 0 Å². The maximum atomic E-state index is 12.8. The maximum Gasteiger partial charge on any atom is 0.136 e. The third kappa shape index (κ3) is 3.18. The molecular weight excluding hydrogens is 197 g/mol. The molecule has 3 N–H and O–H groups in total. The monoisotopic (exact) mass is 213 g/mol. The molecule has 0 radical (unpaired) electrons. The second kappa shape index (κ2) is 5.09. The Bertz CT molecular complexity index is 328.